The number of nitrogens with one attached hydrogen (secondary N) is 2. The van der Waals surface area contributed by atoms with Gasteiger partial charge in [-0.3, -0.25) is 9.59 Å². The van der Waals surface area contributed by atoms with Gasteiger partial charge < -0.3 is 15.5 Å². The summed E-state index contributed by atoms with van der Waals surface area (Å²) < 4.78 is 0. The van der Waals surface area contributed by atoms with Gasteiger partial charge in [0.15, 0.2) is 11.5 Å². The number of carbonyl (C=O) groups excluding carboxylic acids is 2. The number of benzene rings is 4. The Morgan fingerprint density at radius 1 is 0.718 bits per heavy atom. The van der Waals surface area contributed by atoms with Crippen molar-refractivity contribution < 1.29 is 9.59 Å². The molecule has 0 bridgehead atoms. The number of aromatic nitrogens is 1. The Kier molecular flexibility index (Phi) is 5.88. The Bertz CT molecular complexity index is 1770. The third-order valence-electron chi connectivity index (χ3n) is 7.08. The Balaban J connectivity index is 1.68. The van der Waals surface area contributed by atoms with E-state index < -0.39 is 0 Å². The predicted octanol–water partition coefficient (Wildman–Crippen LogP) is 7.25. The molecule has 192 valence electrons. The number of hydrogen-bond donors (Lipinski definition) is 2. The Morgan fingerprint density at radius 2 is 1.31 bits per heavy atom. The minimum atomic E-state index is -0.222. The van der Waals surface area contributed by atoms with Crippen LogP contribution in [0.25, 0.3) is 22.0 Å². The first-order chi connectivity index (χ1) is 18.8. The van der Waals surface area contributed by atoms with Gasteiger partial charge in [-0.2, -0.15) is 0 Å². The molecule has 1 aliphatic rings. The van der Waals surface area contributed by atoms with Gasteiger partial charge in [-0.15, -0.1) is 0 Å². The largest absolute Gasteiger partial charge is 0.355 e. The lowest BCUT2D eigenvalue weighted by molar-refractivity contribution is 0.0823. The molecule has 6 rings (SSSR count). The van der Waals surface area contributed by atoms with Crippen LogP contribution in [0.2, 0.25) is 0 Å². The smallest absolute Gasteiger partial charge is 0.274 e. The first kappa shape index (κ1) is 24.4. The third kappa shape index (κ3) is 4.20. The number of ketones is 1. The van der Waals surface area contributed by atoms with E-state index >= 15 is 0 Å². The van der Waals surface area contributed by atoms with Crippen LogP contribution in [0.3, 0.4) is 0 Å². The molecule has 0 spiro atoms. The number of aryl methyl sites for hydroxylation is 2. The first-order valence-corrected chi connectivity index (χ1v) is 12.9. The van der Waals surface area contributed by atoms with Crippen LogP contribution in [-0.2, 0) is 0 Å². The lowest BCUT2D eigenvalue weighted by atomic mass is 9.82. The molecule has 1 heterocycles. The quantitative estimate of drug-likeness (QED) is 0.254. The maximum Gasteiger partial charge on any atom is 0.274 e. The summed E-state index contributed by atoms with van der Waals surface area (Å²) in [5.74, 6) is -0.298. The van der Waals surface area contributed by atoms with Crippen LogP contribution in [0.4, 0.5) is 22.7 Å². The fraction of sp³-hybridized carbons (Fsp3) is 0.121. The lowest BCUT2D eigenvalue weighted by Crippen LogP contribution is -2.25. The van der Waals surface area contributed by atoms with Gasteiger partial charge in [-0.05, 0) is 55.8 Å². The van der Waals surface area contributed by atoms with Crippen molar-refractivity contribution in [3.05, 3.63) is 113 Å². The Labute approximate surface area is 227 Å². The van der Waals surface area contributed by atoms with E-state index in [0.717, 1.165) is 39.0 Å². The van der Waals surface area contributed by atoms with Crippen LogP contribution >= 0.6 is 0 Å². The number of fused-ring (bicyclic) bond motifs is 2. The molecular formula is C33H28N4O2. The molecule has 4 aromatic carbocycles. The standard InChI is InChI=1S/C33H28N4O2/c1-19-9-13-21(14-10-19)34-26-18-17-25-28-27(23-7-5-6-8-24(23)32(38)29(26)28)30(31(36-25)33(39)37(3)4)35-22-15-11-20(2)12-16-22/h5-18,34-35H,1-4H3. The molecule has 0 saturated carbocycles. The highest BCUT2D eigenvalue weighted by Crippen LogP contribution is 2.47. The minimum Gasteiger partial charge on any atom is -0.355 e. The zero-order chi connectivity index (χ0) is 27.3. The molecule has 1 aromatic heterocycles. The van der Waals surface area contributed by atoms with Gasteiger partial charge in [0.2, 0.25) is 0 Å². The number of amides is 1. The van der Waals surface area contributed by atoms with E-state index in [9.17, 15) is 9.59 Å². The van der Waals surface area contributed by atoms with E-state index in [1.54, 1.807) is 14.1 Å². The van der Waals surface area contributed by atoms with Crippen LogP contribution in [0.15, 0.2) is 84.9 Å². The van der Waals surface area contributed by atoms with Gasteiger partial charge >= 0.3 is 0 Å². The van der Waals surface area contributed by atoms with Gasteiger partial charge in [0.05, 0.1) is 22.5 Å². The highest BCUT2D eigenvalue weighted by molar-refractivity contribution is 6.30. The second-order valence-electron chi connectivity index (χ2n) is 10.1. The van der Waals surface area contributed by atoms with Crippen LogP contribution in [-0.4, -0.2) is 35.7 Å². The third-order valence-corrected chi connectivity index (χ3v) is 7.08. The van der Waals surface area contributed by atoms with Gasteiger partial charge in [0, 0.05) is 42.0 Å². The molecule has 0 radical (unpaired) electrons. The molecular weight excluding hydrogens is 484 g/mol. The lowest BCUT2D eigenvalue weighted by Gasteiger charge is -2.27. The van der Waals surface area contributed by atoms with Crippen molar-refractivity contribution in [1.82, 2.24) is 9.88 Å². The van der Waals surface area contributed by atoms with Gasteiger partial charge in [0.1, 0.15) is 0 Å². The minimum absolute atomic E-state index is 0.0758. The second kappa shape index (κ2) is 9.40. The fourth-order valence-electron chi connectivity index (χ4n) is 5.06. The van der Waals surface area contributed by atoms with E-state index in [1.165, 1.54) is 4.90 Å². The number of hydrogen-bond acceptors (Lipinski definition) is 5. The van der Waals surface area contributed by atoms with Gasteiger partial charge in [-0.1, -0.05) is 59.7 Å². The highest BCUT2D eigenvalue weighted by Gasteiger charge is 2.33. The second-order valence-corrected chi connectivity index (χ2v) is 10.1. The van der Waals surface area contributed by atoms with E-state index in [0.29, 0.717) is 33.7 Å². The summed E-state index contributed by atoms with van der Waals surface area (Å²) >= 11 is 0. The molecule has 6 nitrogen and oxygen atoms in total. The average molecular weight is 513 g/mol. The summed E-state index contributed by atoms with van der Waals surface area (Å²) in [5, 5.41) is 7.67. The number of anilines is 4. The summed E-state index contributed by atoms with van der Waals surface area (Å²) in [5.41, 5.74) is 8.88. The molecule has 1 aliphatic carbocycles. The number of nitrogens with zero attached hydrogens (tertiary/aromatic N) is 2. The zero-order valence-corrected chi connectivity index (χ0v) is 22.3. The van der Waals surface area contributed by atoms with Crippen molar-refractivity contribution in [1.29, 1.82) is 0 Å². The van der Waals surface area contributed by atoms with Crippen molar-refractivity contribution >= 4 is 45.3 Å². The summed E-state index contributed by atoms with van der Waals surface area (Å²) in [6, 6.07) is 27.4. The van der Waals surface area contributed by atoms with E-state index in [4.69, 9.17) is 4.98 Å². The maximum atomic E-state index is 14.0. The van der Waals surface area contributed by atoms with Crippen LogP contribution < -0.4 is 10.6 Å². The number of carbonyl (C=O) groups is 2. The first-order valence-electron chi connectivity index (χ1n) is 12.9. The topological polar surface area (TPSA) is 74.3 Å². The van der Waals surface area contributed by atoms with Crippen molar-refractivity contribution in [3.63, 3.8) is 0 Å². The maximum absolute atomic E-state index is 14.0. The zero-order valence-electron chi connectivity index (χ0n) is 22.3. The van der Waals surface area contributed by atoms with Gasteiger partial charge in [0.25, 0.3) is 5.91 Å². The summed E-state index contributed by atoms with van der Waals surface area (Å²) in [7, 11) is 3.43. The molecule has 5 aromatic rings. The van der Waals surface area contributed by atoms with Crippen molar-refractivity contribution in [2.45, 2.75) is 13.8 Å². The van der Waals surface area contributed by atoms with Crippen LogP contribution in [0.5, 0.6) is 0 Å². The summed E-state index contributed by atoms with van der Waals surface area (Å²) in [6.07, 6.45) is 0. The van der Waals surface area contributed by atoms with Crippen molar-refractivity contribution in [3.8, 4) is 11.1 Å². The summed E-state index contributed by atoms with van der Waals surface area (Å²) in [6.45, 7) is 4.07. The molecule has 0 atom stereocenters. The highest BCUT2D eigenvalue weighted by atomic mass is 16.2. The SMILES string of the molecule is Cc1ccc(Nc2ccc3nc(C(=O)N(C)C)c(Nc4ccc(C)cc4)c4c3c2C(=O)c2ccccc2-4)cc1. The molecule has 2 N–H and O–H groups in total. The van der Waals surface area contributed by atoms with E-state index in [2.05, 4.69) is 10.6 Å². The molecule has 0 fully saturated rings. The molecule has 1 amide bonds. The number of pyridine rings is 1. The monoisotopic (exact) mass is 512 g/mol. The van der Waals surface area contributed by atoms with Crippen molar-refractivity contribution in [2.24, 2.45) is 0 Å². The number of rotatable bonds is 5. The van der Waals surface area contributed by atoms with Crippen LogP contribution in [0.1, 0.15) is 37.5 Å². The predicted molar refractivity (Wildman–Crippen MR) is 158 cm³/mol. The summed E-state index contributed by atoms with van der Waals surface area (Å²) in [4.78, 5) is 33.9. The molecule has 39 heavy (non-hydrogen) atoms. The Hall–Kier alpha value is -4.97. The molecule has 0 unspecified atom stereocenters. The Morgan fingerprint density at radius 3 is 1.92 bits per heavy atom. The molecule has 6 heteroatoms. The van der Waals surface area contributed by atoms with Crippen molar-refractivity contribution in [2.75, 3.05) is 24.7 Å². The van der Waals surface area contributed by atoms with E-state index in [1.807, 2.05) is 98.8 Å². The van der Waals surface area contributed by atoms with Gasteiger partial charge in [-0.25, -0.2) is 4.98 Å². The average Bonchev–Trinajstić information content (AvgIpc) is 2.94. The molecule has 0 aliphatic heterocycles. The molecule has 0 saturated heterocycles. The van der Waals surface area contributed by atoms with E-state index in [-0.39, 0.29) is 11.7 Å². The van der Waals surface area contributed by atoms with Crippen LogP contribution in [0, 0.1) is 13.8 Å². The fourth-order valence-corrected chi connectivity index (χ4v) is 5.06. The normalized spacial score (nSPS) is 11.7.